The minimum atomic E-state index is -0.169. The molecule has 0 fully saturated rings. The maximum atomic E-state index is 11.6. The zero-order chi connectivity index (χ0) is 13.2. The SMILES string of the molecule is COC(=O)C1CCn2c(nnc2-c2cccnc2)C1. The van der Waals surface area contributed by atoms with E-state index in [1.807, 2.05) is 12.1 Å². The van der Waals surface area contributed by atoms with E-state index in [1.165, 1.54) is 7.11 Å². The minimum Gasteiger partial charge on any atom is -0.469 e. The summed E-state index contributed by atoms with van der Waals surface area (Å²) in [5.41, 5.74) is 0.942. The van der Waals surface area contributed by atoms with Crippen molar-refractivity contribution >= 4 is 5.97 Å². The van der Waals surface area contributed by atoms with E-state index in [0.717, 1.165) is 30.2 Å². The number of hydrogen-bond acceptors (Lipinski definition) is 5. The van der Waals surface area contributed by atoms with Crippen molar-refractivity contribution in [1.29, 1.82) is 0 Å². The number of nitrogens with zero attached hydrogens (tertiary/aromatic N) is 4. The maximum Gasteiger partial charge on any atom is 0.309 e. The van der Waals surface area contributed by atoms with Crippen LogP contribution in [0, 0.1) is 5.92 Å². The largest absolute Gasteiger partial charge is 0.469 e. The molecule has 0 aliphatic carbocycles. The van der Waals surface area contributed by atoms with E-state index in [2.05, 4.69) is 19.7 Å². The molecule has 1 aliphatic heterocycles. The molecule has 1 unspecified atom stereocenters. The highest BCUT2D eigenvalue weighted by molar-refractivity contribution is 5.72. The predicted octanol–water partition coefficient (Wildman–Crippen LogP) is 1.08. The summed E-state index contributed by atoms with van der Waals surface area (Å²) < 4.78 is 6.84. The highest BCUT2D eigenvalue weighted by Gasteiger charge is 2.28. The zero-order valence-corrected chi connectivity index (χ0v) is 10.6. The van der Waals surface area contributed by atoms with Gasteiger partial charge in [-0.1, -0.05) is 0 Å². The van der Waals surface area contributed by atoms with Gasteiger partial charge >= 0.3 is 5.97 Å². The van der Waals surface area contributed by atoms with Crippen molar-refractivity contribution in [2.75, 3.05) is 7.11 Å². The van der Waals surface area contributed by atoms with Crippen LogP contribution in [0.25, 0.3) is 11.4 Å². The highest BCUT2D eigenvalue weighted by Crippen LogP contribution is 2.25. The molecule has 0 amide bonds. The van der Waals surface area contributed by atoms with Gasteiger partial charge in [0.25, 0.3) is 0 Å². The molecule has 3 heterocycles. The van der Waals surface area contributed by atoms with Gasteiger partial charge in [0.05, 0.1) is 13.0 Å². The van der Waals surface area contributed by atoms with E-state index in [4.69, 9.17) is 4.74 Å². The Morgan fingerprint density at radius 3 is 3.11 bits per heavy atom. The molecule has 19 heavy (non-hydrogen) atoms. The van der Waals surface area contributed by atoms with Crippen LogP contribution in [0.3, 0.4) is 0 Å². The van der Waals surface area contributed by atoms with Crippen LogP contribution in [0.1, 0.15) is 12.2 Å². The quantitative estimate of drug-likeness (QED) is 0.754. The predicted molar refractivity (Wildman–Crippen MR) is 67.1 cm³/mol. The van der Waals surface area contributed by atoms with E-state index < -0.39 is 0 Å². The smallest absolute Gasteiger partial charge is 0.309 e. The fraction of sp³-hybridized carbons (Fsp3) is 0.385. The number of esters is 1. The van der Waals surface area contributed by atoms with Crippen LogP contribution in [0.5, 0.6) is 0 Å². The number of methoxy groups -OCH3 is 1. The fourth-order valence-electron chi connectivity index (χ4n) is 2.41. The Kier molecular flexibility index (Phi) is 2.98. The molecule has 6 heteroatoms. The Balaban J connectivity index is 1.90. The van der Waals surface area contributed by atoms with E-state index in [-0.39, 0.29) is 11.9 Å². The lowest BCUT2D eigenvalue weighted by Crippen LogP contribution is -2.27. The first-order valence-corrected chi connectivity index (χ1v) is 6.20. The molecule has 0 bridgehead atoms. The molecular formula is C13H14N4O2. The molecule has 2 aromatic rings. The lowest BCUT2D eigenvalue weighted by Gasteiger charge is -2.21. The van der Waals surface area contributed by atoms with Crippen molar-refractivity contribution < 1.29 is 9.53 Å². The van der Waals surface area contributed by atoms with Crippen LogP contribution in [-0.2, 0) is 22.5 Å². The summed E-state index contributed by atoms with van der Waals surface area (Å²) in [6.07, 6.45) is 4.83. The molecule has 0 saturated heterocycles. The zero-order valence-electron chi connectivity index (χ0n) is 10.6. The molecule has 2 aromatic heterocycles. The summed E-state index contributed by atoms with van der Waals surface area (Å²) >= 11 is 0. The number of carbonyl (C=O) groups excluding carboxylic acids is 1. The van der Waals surface area contributed by atoms with Crippen molar-refractivity contribution in [2.24, 2.45) is 5.92 Å². The first kappa shape index (κ1) is 11.8. The van der Waals surface area contributed by atoms with Crippen molar-refractivity contribution in [3.63, 3.8) is 0 Å². The van der Waals surface area contributed by atoms with E-state index >= 15 is 0 Å². The topological polar surface area (TPSA) is 69.9 Å². The van der Waals surface area contributed by atoms with E-state index in [1.54, 1.807) is 12.4 Å². The van der Waals surface area contributed by atoms with Crippen molar-refractivity contribution in [3.05, 3.63) is 30.4 Å². The molecule has 0 aromatic carbocycles. The Bertz CT molecular complexity index is 594. The number of hydrogen-bond donors (Lipinski definition) is 0. The summed E-state index contributed by atoms with van der Waals surface area (Å²) in [6.45, 7) is 0.728. The number of ether oxygens (including phenoxy) is 1. The first-order valence-electron chi connectivity index (χ1n) is 6.20. The molecule has 98 valence electrons. The first-order chi connectivity index (χ1) is 9.29. The standard InChI is InChI=1S/C13H14N4O2/c1-19-13(18)9-4-6-17-11(7-9)15-16-12(17)10-3-2-5-14-8-10/h2-3,5,8-9H,4,6-7H2,1H3. The van der Waals surface area contributed by atoms with Gasteiger partial charge in [-0.2, -0.15) is 0 Å². The maximum absolute atomic E-state index is 11.6. The Morgan fingerprint density at radius 1 is 1.47 bits per heavy atom. The van der Waals surface area contributed by atoms with Crippen molar-refractivity contribution in [3.8, 4) is 11.4 Å². The number of pyridine rings is 1. The lowest BCUT2D eigenvalue weighted by atomic mass is 9.98. The molecule has 1 aliphatic rings. The highest BCUT2D eigenvalue weighted by atomic mass is 16.5. The molecule has 0 saturated carbocycles. The Hall–Kier alpha value is -2.24. The summed E-state index contributed by atoms with van der Waals surface area (Å²) in [7, 11) is 1.42. The van der Waals surface area contributed by atoms with Crippen LogP contribution < -0.4 is 0 Å². The summed E-state index contributed by atoms with van der Waals surface area (Å²) in [5, 5.41) is 8.39. The van der Waals surface area contributed by atoms with Crippen LogP contribution >= 0.6 is 0 Å². The second-order valence-electron chi connectivity index (χ2n) is 4.55. The number of carbonyl (C=O) groups is 1. The Morgan fingerprint density at radius 2 is 2.37 bits per heavy atom. The van der Waals surface area contributed by atoms with E-state index in [9.17, 15) is 4.79 Å². The molecule has 6 nitrogen and oxygen atoms in total. The summed E-state index contributed by atoms with van der Waals surface area (Å²) in [5.74, 6) is 1.37. The third-order valence-electron chi connectivity index (χ3n) is 3.41. The second-order valence-corrected chi connectivity index (χ2v) is 4.55. The van der Waals surface area contributed by atoms with Gasteiger partial charge in [0.2, 0.25) is 0 Å². The summed E-state index contributed by atoms with van der Waals surface area (Å²) in [4.78, 5) is 15.7. The molecule has 0 radical (unpaired) electrons. The van der Waals surface area contributed by atoms with Crippen molar-refractivity contribution in [1.82, 2.24) is 19.7 Å². The van der Waals surface area contributed by atoms with Gasteiger partial charge in [0, 0.05) is 30.9 Å². The van der Waals surface area contributed by atoms with Gasteiger partial charge in [0.1, 0.15) is 5.82 Å². The third-order valence-corrected chi connectivity index (χ3v) is 3.41. The van der Waals surface area contributed by atoms with E-state index in [0.29, 0.717) is 6.42 Å². The van der Waals surface area contributed by atoms with Gasteiger partial charge in [-0.15, -0.1) is 10.2 Å². The third kappa shape index (κ3) is 2.09. The van der Waals surface area contributed by atoms with Gasteiger partial charge in [-0.3, -0.25) is 9.78 Å². The normalized spacial score (nSPS) is 17.8. The number of rotatable bonds is 2. The second kappa shape index (κ2) is 4.79. The summed E-state index contributed by atoms with van der Waals surface area (Å²) in [6, 6.07) is 3.83. The molecule has 3 rings (SSSR count). The number of fused-ring (bicyclic) bond motifs is 1. The fourth-order valence-corrected chi connectivity index (χ4v) is 2.41. The van der Waals surface area contributed by atoms with Crippen molar-refractivity contribution in [2.45, 2.75) is 19.4 Å². The Labute approximate surface area is 110 Å². The minimum absolute atomic E-state index is 0.108. The van der Waals surface area contributed by atoms with Crippen LogP contribution in [0.4, 0.5) is 0 Å². The molecule has 0 N–H and O–H groups in total. The number of aromatic nitrogens is 4. The van der Waals surface area contributed by atoms with Gasteiger partial charge in [-0.25, -0.2) is 0 Å². The van der Waals surface area contributed by atoms with Crippen LogP contribution in [-0.4, -0.2) is 32.8 Å². The van der Waals surface area contributed by atoms with Gasteiger partial charge in [-0.05, 0) is 18.6 Å². The average Bonchev–Trinajstić information content (AvgIpc) is 2.90. The molecule has 1 atom stereocenters. The van der Waals surface area contributed by atoms with Gasteiger partial charge in [0.15, 0.2) is 5.82 Å². The van der Waals surface area contributed by atoms with Crippen LogP contribution in [0.15, 0.2) is 24.5 Å². The van der Waals surface area contributed by atoms with Crippen LogP contribution in [0.2, 0.25) is 0 Å². The lowest BCUT2D eigenvalue weighted by molar-refractivity contribution is -0.146. The monoisotopic (exact) mass is 258 g/mol. The molecular weight excluding hydrogens is 244 g/mol. The average molecular weight is 258 g/mol. The molecule has 0 spiro atoms. The van der Waals surface area contributed by atoms with Gasteiger partial charge < -0.3 is 9.30 Å².